The van der Waals surface area contributed by atoms with Crippen molar-refractivity contribution in [2.75, 3.05) is 18.5 Å². The minimum absolute atomic E-state index is 0.159. The normalized spacial score (nSPS) is 13.9. The van der Waals surface area contributed by atoms with E-state index in [1.54, 1.807) is 12.1 Å². The number of anilines is 1. The molecule has 3 rings (SSSR count). The Kier molecular flexibility index (Phi) is 4.71. The van der Waals surface area contributed by atoms with Crippen LogP contribution in [0.25, 0.3) is 0 Å². The van der Waals surface area contributed by atoms with Crippen molar-refractivity contribution >= 4 is 28.2 Å². The average Bonchev–Trinajstić information content (AvgIpc) is 3.02. The van der Waals surface area contributed by atoms with Crippen LogP contribution in [-0.2, 0) is 4.79 Å². The van der Waals surface area contributed by atoms with Crippen LogP contribution in [0.2, 0.25) is 0 Å². The Hall–Kier alpha value is -2.54. The molecule has 2 amide bonds. The number of ether oxygens (including phenoxy) is 2. The first-order chi connectivity index (χ1) is 11.5. The fourth-order valence-electron chi connectivity index (χ4n) is 2.38. The SMILES string of the molecule is CC(=O)Nc1ccc(C(=O)NC(C)c2ccc3c(c2)OCCO3)s1. The van der Waals surface area contributed by atoms with Crippen LogP contribution in [0.3, 0.4) is 0 Å². The first-order valence-corrected chi connectivity index (χ1v) is 8.42. The van der Waals surface area contributed by atoms with Crippen molar-refractivity contribution in [3.63, 3.8) is 0 Å². The van der Waals surface area contributed by atoms with E-state index >= 15 is 0 Å². The molecule has 0 saturated carbocycles. The maximum atomic E-state index is 12.3. The van der Waals surface area contributed by atoms with E-state index in [1.165, 1.54) is 18.3 Å². The van der Waals surface area contributed by atoms with E-state index in [9.17, 15) is 9.59 Å². The van der Waals surface area contributed by atoms with Gasteiger partial charge in [-0.2, -0.15) is 0 Å². The molecule has 1 atom stereocenters. The average molecular weight is 346 g/mol. The number of carbonyl (C=O) groups excluding carboxylic acids is 2. The van der Waals surface area contributed by atoms with Crippen molar-refractivity contribution in [3.8, 4) is 11.5 Å². The summed E-state index contributed by atoms with van der Waals surface area (Å²) in [4.78, 5) is 23.9. The summed E-state index contributed by atoms with van der Waals surface area (Å²) in [6, 6.07) is 8.88. The van der Waals surface area contributed by atoms with Gasteiger partial charge >= 0.3 is 0 Å². The van der Waals surface area contributed by atoms with Crippen LogP contribution in [0.4, 0.5) is 5.00 Å². The number of hydrogen-bond acceptors (Lipinski definition) is 5. The highest BCUT2D eigenvalue weighted by Crippen LogP contribution is 2.32. The maximum absolute atomic E-state index is 12.3. The van der Waals surface area contributed by atoms with Crippen molar-refractivity contribution in [3.05, 3.63) is 40.8 Å². The second kappa shape index (κ2) is 6.92. The van der Waals surface area contributed by atoms with E-state index in [-0.39, 0.29) is 17.9 Å². The zero-order chi connectivity index (χ0) is 17.1. The molecule has 0 saturated heterocycles. The van der Waals surface area contributed by atoms with E-state index in [0.717, 1.165) is 11.3 Å². The Labute approximate surface area is 143 Å². The third kappa shape index (κ3) is 3.68. The number of amides is 2. The Morgan fingerprint density at radius 3 is 2.62 bits per heavy atom. The van der Waals surface area contributed by atoms with Gasteiger partial charge in [0, 0.05) is 6.92 Å². The highest BCUT2D eigenvalue weighted by Gasteiger charge is 2.17. The van der Waals surface area contributed by atoms with Gasteiger partial charge in [0.25, 0.3) is 5.91 Å². The lowest BCUT2D eigenvalue weighted by molar-refractivity contribution is -0.114. The van der Waals surface area contributed by atoms with Gasteiger partial charge in [0.2, 0.25) is 5.91 Å². The smallest absolute Gasteiger partial charge is 0.261 e. The van der Waals surface area contributed by atoms with Gasteiger partial charge in [-0.05, 0) is 36.8 Å². The van der Waals surface area contributed by atoms with Crippen LogP contribution in [0.5, 0.6) is 11.5 Å². The first kappa shape index (κ1) is 16.3. The standard InChI is InChI=1S/C17H18N2O4S/c1-10(12-3-4-13-14(9-12)23-8-7-22-13)18-17(21)15-5-6-16(24-15)19-11(2)20/h3-6,9-10H,7-8H2,1-2H3,(H,18,21)(H,19,20). The van der Waals surface area contributed by atoms with Crippen LogP contribution in [-0.4, -0.2) is 25.0 Å². The molecule has 126 valence electrons. The van der Waals surface area contributed by atoms with Gasteiger partial charge in [-0.3, -0.25) is 9.59 Å². The molecule has 0 fully saturated rings. The van der Waals surface area contributed by atoms with Crippen molar-refractivity contribution in [2.45, 2.75) is 19.9 Å². The monoisotopic (exact) mass is 346 g/mol. The summed E-state index contributed by atoms with van der Waals surface area (Å²) in [7, 11) is 0. The van der Waals surface area contributed by atoms with Crippen LogP contribution >= 0.6 is 11.3 Å². The summed E-state index contributed by atoms with van der Waals surface area (Å²) in [6.45, 7) is 4.42. The number of hydrogen-bond donors (Lipinski definition) is 2. The largest absolute Gasteiger partial charge is 0.486 e. The molecule has 24 heavy (non-hydrogen) atoms. The van der Waals surface area contributed by atoms with Crippen LogP contribution in [0.1, 0.15) is 35.1 Å². The predicted molar refractivity (Wildman–Crippen MR) is 91.9 cm³/mol. The van der Waals surface area contributed by atoms with Crippen molar-refractivity contribution < 1.29 is 19.1 Å². The summed E-state index contributed by atoms with van der Waals surface area (Å²) in [5, 5.41) is 6.27. The Morgan fingerprint density at radius 2 is 1.88 bits per heavy atom. The van der Waals surface area contributed by atoms with Gasteiger partial charge in [-0.1, -0.05) is 6.07 Å². The van der Waals surface area contributed by atoms with Crippen molar-refractivity contribution in [1.82, 2.24) is 5.32 Å². The zero-order valence-corrected chi connectivity index (χ0v) is 14.2. The molecule has 1 aromatic heterocycles. The lowest BCUT2D eigenvalue weighted by atomic mass is 10.1. The Morgan fingerprint density at radius 1 is 1.12 bits per heavy atom. The van der Waals surface area contributed by atoms with Crippen molar-refractivity contribution in [1.29, 1.82) is 0 Å². The minimum atomic E-state index is -0.181. The third-order valence-electron chi connectivity index (χ3n) is 3.54. The van der Waals surface area contributed by atoms with Gasteiger partial charge in [-0.25, -0.2) is 0 Å². The molecule has 1 aliphatic heterocycles. The maximum Gasteiger partial charge on any atom is 0.261 e. The van der Waals surface area contributed by atoms with E-state index < -0.39 is 0 Å². The second-order valence-corrected chi connectivity index (χ2v) is 6.53. The molecule has 0 radical (unpaired) electrons. The number of nitrogens with one attached hydrogen (secondary N) is 2. The number of benzene rings is 1. The zero-order valence-electron chi connectivity index (χ0n) is 13.4. The fraction of sp³-hybridized carbons (Fsp3) is 0.294. The van der Waals surface area contributed by atoms with Gasteiger partial charge in [-0.15, -0.1) is 11.3 Å². The molecule has 2 aromatic rings. The summed E-state index contributed by atoms with van der Waals surface area (Å²) in [5.41, 5.74) is 0.936. The molecule has 0 bridgehead atoms. The molecule has 1 aliphatic rings. The molecule has 0 spiro atoms. The summed E-state index contributed by atoms with van der Waals surface area (Å²) >= 11 is 1.24. The molecule has 6 nitrogen and oxygen atoms in total. The molecule has 7 heteroatoms. The van der Waals surface area contributed by atoms with E-state index in [1.807, 2.05) is 25.1 Å². The second-order valence-electron chi connectivity index (χ2n) is 5.44. The molecule has 2 heterocycles. The molecule has 2 N–H and O–H groups in total. The fourth-order valence-corrected chi connectivity index (χ4v) is 3.24. The highest BCUT2D eigenvalue weighted by molar-refractivity contribution is 7.18. The van der Waals surface area contributed by atoms with E-state index in [2.05, 4.69) is 10.6 Å². The predicted octanol–water partition coefficient (Wildman–Crippen LogP) is 2.97. The van der Waals surface area contributed by atoms with Gasteiger partial charge in [0.15, 0.2) is 11.5 Å². The molecule has 1 unspecified atom stereocenters. The quantitative estimate of drug-likeness (QED) is 0.892. The van der Waals surface area contributed by atoms with Crippen LogP contribution < -0.4 is 20.1 Å². The Balaban J connectivity index is 1.67. The number of rotatable bonds is 4. The topological polar surface area (TPSA) is 76.7 Å². The van der Waals surface area contributed by atoms with E-state index in [4.69, 9.17) is 9.47 Å². The van der Waals surface area contributed by atoms with Crippen molar-refractivity contribution in [2.24, 2.45) is 0 Å². The van der Waals surface area contributed by atoms with Gasteiger partial charge in [0.1, 0.15) is 13.2 Å². The molecule has 1 aromatic carbocycles. The van der Waals surface area contributed by atoms with Crippen LogP contribution in [0, 0.1) is 0 Å². The van der Waals surface area contributed by atoms with Gasteiger partial charge in [0.05, 0.1) is 15.9 Å². The van der Waals surface area contributed by atoms with E-state index in [0.29, 0.717) is 28.8 Å². The molecule has 0 aliphatic carbocycles. The number of carbonyl (C=O) groups is 2. The summed E-state index contributed by atoms with van der Waals surface area (Å²) in [5.74, 6) is 1.08. The lowest BCUT2D eigenvalue weighted by Crippen LogP contribution is -2.26. The highest BCUT2D eigenvalue weighted by atomic mass is 32.1. The Bertz CT molecular complexity index is 772. The van der Waals surface area contributed by atoms with Crippen LogP contribution in [0.15, 0.2) is 30.3 Å². The molecular weight excluding hydrogens is 328 g/mol. The summed E-state index contributed by atoms with van der Waals surface area (Å²) < 4.78 is 11.1. The summed E-state index contributed by atoms with van der Waals surface area (Å²) in [6.07, 6.45) is 0. The minimum Gasteiger partial charge on any atom is -0.486 e. The number of fused-ring (bicyclic) bond motifs is 1. The lowest BCUT2D eigenvalue weighted by Gasteiger charge is -2.21. The molecular formula is C17H18N2O4S. The number of thiophene rings is 1. The van der Waals surface area contributed by atoms with Gasteiger partial charge < -0.3 is 20.1 Å². The third-order valence-corrected chi connectivity index (χ3v) is 4.54. The first-order valence-electron chi connectivity index (χ1n) is 7.61.